The minimum Gasteiger partial charge on any atom is -0.497 e. The average molecular weight is 356 g/mol. The van der Waals surface area contributed by atoms with E-state index in [4.69, 9.17) is 14.2 Å². The molecule has 0 saturated heterocycles. The lowest BCUT2D eigenvalue weighted by atomic mass is 10.1. The number of hydrogen-bond donors (Lipinski definition) is 2. The number of nitrogens with one attached hydrogen (secondary N) is 2. The third kappa shape index (κ3) is 3.85. The maximum atomic E-state index is 12.3. The van der Waals surface area contributed by atoms with Gasteiger partial charge in [-0.3, -0.25) is 0 Å². The fourth-order valence-electron chi connectivity index (χ4n) is 2.96. The number of benzene rings is 2. The molecule has 0 radical (unpaired) electrons. The van der Waals surface area contributed by atoms with Gasteiger partial charge in [0, 0.05) is 6.54 Å². The molecule has 0 atom stereocenters. The van der Waals surface area contributed by atoms with Crippen LogP contribution >= 0.6 is 0 Å². The maximum Gasteiger partial charge on any atom is 0.315 e. The molecule has 0 aliphatic heterocycles. The minimum atomic E-state index is -0.270. The van der Waals surface area contributed by atoms with Crippen molar-refractivity contribution in [2.45, 2.75) is 24.9 Å². The molecule has 2 amide bonds. The van der Waals surface area contributed by atoms with Crippen LogP contribution in [0.4, 0.5) is 4.79 Å². The highest BCUT2D eigenvalue weighted by molar-refractivity contribution is 5.75. The summed E-state index contributed by atoms with van der Waals surface area (Å²) >= 11 is 0. The van der Waals surface area contributed by atoms with E-state index in [2.05, 4.69) is 10.6 Å². The first-order chi connectivity index (χ1) is 12.6. The average Bonchev–Trinajstić information content (AvgIpc) is 3.46. The van der Waals surface area contributed by atoms with E-state index in [9.17, 15) is 4.79 Å². The summed E-state index contributed by atoms with van der Waals surface area (Å²) in [6.07, 6.45) is 1.87. The number of rotatable bonds is 7. The number of amides is 2. The van der Waals surface area contributed by atoms with E-state index in [1.165, 1.54) is 0 Å². The van der Waals surface area contributed by atoms with Crippen LogP contribution in [0.15, 0.2) is 42.5 Å². The lowest BCUT2D eigenvalue weighted by molar-refractivity contribution is 0.235. The van der Waals surface area contributed by atoms with Crippen molar-refractivity contribution in [1.82, 2.24) is 10.6 Å². The highest BCUT2D eigenvalue weighted by Gasteiger charge is 2.45. The van der Waals surface area contributed by atoms with Crippen LogP contribution in [-0.2, 0) is 12.1 Å². The van der Waals surface area contributed by atoms with Crippen LogP contribution in [0.2, 0.25) is 0 Å². The van der Waals surface area contributed by atoms with Crippen molar-refractivity contribution in [3.05, 3.63) is 53.6 Å². The van der Waals surface area contributed by atoms with Gasteiger partial charge in [-0.05, 0) is 48.2 Å². The van der Waals surface area contributed by atoms with E-state index in [0.29, 0.717) is 18.0 Å². The molecule has 0 aromatic heterocycles. The molecule has 2 aromatic rings. The van der Waals surface area contributed by atoms with Crippen LogP contribution in [0.25, 0.3) is 0 Å². The minimum absolute atomic E-state index is 0.187. The van der Waals surface area contributed by atoms with Gasteiger partial charge in [0.05, 0.1) is 26.9 Å². The zero-order valence-corrected chi connectivity index (χ0v) is 15.3. The highest BCUT2D eigenvalue weighted by Crippen LogP contribution is 2.45. The Morgan fingerprint density at radius 1 is 0.962 bits per heavy atom. The molecule has 6 heteroatoms. The molecule has 0 spiro atoms. The maximum absolute atomic E-state index is 12.3. The van der Waals surface area contributed by atoms with Gasteiger partial charge in [0.25, 0.3) is 0 Å². The smallest absolute Gasteiger partial charge is 0.315 e. The van der Waals surface area contributed by atoms with Crippen LogP contribution in [0.5, 0.6) is 17.2 Å². The number of methoxy groups -OCH3 is 3. The summed E-state index contributed by atoms with van der Waals surface area (Å²) < 4.78 is 15.7. The topological polar surface area (TPSA) is 68.8 Å². The quantitative estimate of drug-likeness (QED) is 0.799. The lowest BCUT2D eigenvalue weighted by Crippen LogP contribution is -2.41. The summed E-state index contributed by atoms with van der Waals surface area (Å²) in [5.41, 5.74) is 1.76. The summed E-state index contributed by atoms with van der Waals surface area (Å²) in [4.78, 5) is 12.3. The lowest BCUT2D eigenvalue weighted by Gasteiger charge is -2.19. The van der Waals surface area contributed by atoms with Crippen LogP contribution in [0.1, 0.15) is 24.0 Å². The van der Waals surface area contributed by atoms with Crippen molar-refractivity contribution in [1.29, 1.82) is 0 Å². The van der Waals surface area contributed by atoms with E-state index in [1.807, 2.05) is 42.5 Å². The molecule has 3 rings (SSSR count). The molecule has 1 aliphatic rings. The Morgan fingerprint density at radius 3 is 2.23 bits per heavy atom. The van der Waals surface area contributed by atoms with E-state index in [0.717, 1.165) is 29.7 Å². The van der Waals surface area contributed by atoms with Crippen molar-refractivity contribution >= 4 is 6.03 Å². The second-order valence-electron chi connectivity index (χ2n) is 6.31. The van der Waals surface area contributed by atoms with Gasteiger partial charge in [-0.25, -0.2) is 4.79 Å². The molecule has 1 saturated carbocycles. The zero-order valence-electron chi connectivity index (χ0n) is 15.3. The summed E-state index contributed by atoms with van der Waals surface area (Å²) in [5.74, 6) is 2.11. The zero-order chi connectivity index (χ0) is 18.6. The second kappa shape index (κ2) is 7.56. The molecular weight excluding hydrogens is 332 g/mol. The molecular formula is C20H24N2O4. The third-order valence-corrected chi connectivity index (χ3v) is 4.65. The molecule has 0 unspecified atom stereocenters. The van der Waals surface area contributed by atoms with E-state index >= 15 is 0 Å². The molecule has 0 heterocycles. The number of urea groups is 1. The molecule has 6 nitrogen and oxygen atoms in total. The van der Waals surface area contributed by atoms with Crippen LogP contribution < -0.4 is 24.8 Å². The van der Waals surface area contributed by atoms with E-state index in [1.54, 1.807) is 21.3 Å². The molecule has 2 N–H and O–H groups in total. The molecule has 2 aromatic carbocycles. The normalized spacial score (nSPS) is 14.3. The summed E-state index contributed by atoms with van der Waals surface area (Å²) in [6.45, 7) is 0.408. The Kier molecular flexibility index (Phi) is 5.21. The first-order valence-corrected chi connectivity index (χ1v) is 8.51. The van der Waals surface area contributed by atoms with Crippen LogP contribution in [0.3, 0.4) is 0 Å². The number of carbonyl (C=O) groups excluding carboxylic acids is 1. The number of ether oxygens (including phenoxy) is 3. The molecule has 1 fully saturated rings. The fraction of sp³-hybridized carbons (Fsp3) is 0.350. The summed E-state index contributed by atoms with van der Waals surface area (Å²) in [7, 11) is 4.83. The largest absolute Gasteiger partial charge is 0.497 e. The van der Waals surface area contributed by atoms with Gasteiger partial charge in [-0.2, -0.15) is 0 Å². The Bertz CT molecular complexity index is 770. The monoisotopic (exact) mass is 356 g/mol. The Hall–Kier alpha value is -2.89. The first kappa shape index (κ1) is 17.9. The number of carbonyl (C=O) groups is 1. The van der Waals surface area contributed by atoms with Crippen LogP contribution in [0, 0.1) is 0 Å². The van der Waals surface area contributed by atoms with Crippen molar-refractivity contribution in [3.8, 4) is 17.2 Å². The van der Waals surface area contributed by atoms with Crippen molar-refractivity contribution < 1.29 is 19.0 Å². The van der Waals surface area contributed by atoms with Gasteiger partial charge in [-0.1, -0.05) is 18.2 Å². The van der Waals surface area contributed by atoms with Gasteiger partial charge >= 0.3 is 6.03 Å². The summed E-state index contributed by atoms with van der Waals surface area (Å²) in [5, 5.41) is 6.00. The molecule has 138 valence electrons. The SMILES string of the molecule is COc1ccc(C2(NC(=O)NCc3ccc(OC)c(OC)c3)CC2)cc1. The highest BCUT2D eigenvalue weighted by atomic mass is 16.5. The van der Waals surface area contributed by atoms with Crippen molar-refractivity contribution in [3.63, 3.8) is 0 Å². The van der Waals surface area contributed by atoms with Gasteiger partial charge in [-0.15, -0.1) is 0 Å². The Morgan fingerprint density at radius 2 is 1.65 bits per heavy atom. The third-order valence-electron chi connectivity index (χ3n) is 4.65. The van der Waals surface area contributed by atoms with Gasteiger partial charge < -0.3 is 24.8 Å². The number of hydrogen-bond acceptors (Lipinski definition) is 4. The molecule has 26 heavy (non-hydrogen) atoms. The van der Waals surface area contributed by atoms with Gasteiger partial charge in [0.1, 0.15) is 5.75 Å². The van der Waals surface area contributed by atoms with Crippen LogP contribution in [-0.4, -0.2) is 27.4 Å². The Labute approximate surface area is 153 Å². The van der Waals surface area contributed by atoms with Gasteiger partial charge in [0.2, 0.25) is 0 Å². The van der Waals surface area contributed by atoms with Crippen molar-refractivity contribution in [2.75, 3.05) is 21.3 Å². The van der Waals surface area contributed by atoms with E-state index in [-0.39, 0.29) is 11.6 Å². The van der Waals surface area contributed by atoms with E-state index < -0.39 is 0 Å². The predicted octanol–water partition coefficient (Wildman–Crippen LogP) is 3.20. The second-order valence-corrected chi connectivity index (χ2v) is 6.31. The molecule has 1 aliphatic carbocycles. The Balaban J connectivity index is 1.58. The van der Waals surface area contributed by atoms with Crippen molar-refractivity contribution in [2.24, 2.45) is 0 Å². The predicted molar refractivity (Wildman–Crippen MR) is 98.8 cm³/mol. The fourth-order valence-corrected chi connectivity index (χ4v) is 2.96. The molecule has 0 bridgehead atoms. The standard InChI is InChI=1S/C20H24N2O4/c1-24-16-7-5-15(6-8-16)20(10-11-20)22-19(23)21-13-14-4-9-17(25-2)18(12-14)26-3/h4-9,12H,10-11,13H2,1-3H3,(H2,21,22,23). The summed E-state index contributed by atoms with van der Waals surface area (Å²) in [6, 6.07) is 13.2. The first-order valence-electron chi connectivity index (χ1n) is 8.51. The van der Waals surface area contributed by atoms with Gasteiger partial charge in [0.15, 0.2) is 11.5 Å².